The van der Waals surface area contributed by atoms with E-state index in [-0.39, 0.29) is 23.1 Å². The van der Waals surface area contributed by atoms with Gasteiger partial charge in [-0.15, -0.1) is 10.2 Å². The molecule has 2 aromatic heterocycles. The number of carbonyl (C=O) groups excluding carboxylic acids is 1. The summed E-state index contributed by atoms with van der Waals surface area (Å²) in [5.41, 5.74) is 1.19. The van der Waals surface area contributed by atoms with Crippen LogP contribution in [0.15, 0.2) is 17.2 Å². The Hall–Kier alpha value is -2.44. The Morgan fingerprint density at radius 1 is 1.38 bits per heavy atom. The first-order valence-electron chi connectivity index (χ1n) is 8.38. The van der Waals surface area contributed by atoms with Crippen LogP contribution in [0.1, 0.15) is 72.1 Å². The van der Waals surface area contributed by atoms with Crippen LogP contribution in [0.3, 0.4) is 0 Å². The van der Waals surface area contributed by atoms with Crippen molar-refractivity contribution in [1.82, 2.24) is 25.1 Å². The highest BCUT2D eigenvalue weighted by Gasteiger charge is 2.24. The van der Waals surface area contributed by atoms with Crippen molar-refractivity contribution in [3.8, 4) is 0 Å². The second-order valence-corrected chi connectivity index (χ2v) is 6.57. The predicted octanol–water partition coefficient (Wildman–Crippen LogP) is 2.19. The average Bonchev–Trinajstić information content (AvgIpc) is 3.17. The average molecular weight is 329 g/mol. The molecule has 1 amide bonds. The second kappa shape index (κ2) is 6.59. The van der Waals surface area contributed by atoms with E-state index in [1.807, 2.05) is 6.92 Å². The minimum atomic E-state index is -0.387. The van der Waals surface area contributed by atoms with E-state index in [0.717, 1.165) is 24.4 Å². The molecule has 24 heavy (non-hydrogen) atoms. The zero-order valence-corrected chi connectivity index (χ0v) is 14.3. The molecule has 0 saturated heterocycles. The molecule has 1 fully saturated rings. The number of hydrogen-bond acceptors (Lipinski definition) is 4. The molecule has 1 saturated carbocycles. The molecule has 7 nitrogen and oxygen atoms in total. The summed E-state index contributed by atoms with van der Waals surface area (Å²) in [4.78, 5) is 27.3. The normalized spacial score (nSPS) is 16.3. The first-order chi connectivity index (χ1) is 11.5. The van der Waals surface area contributed by atoms with Crippen LogP contribution in [0.4, 0.5) is 0 Å². The number of aromatic amines is 1. The maximum atomic E-state index is 12.5. The fraction of sp³-hybridized carbons (Fsp3) is 0.529. The summed E-state index contributed by atoms with van der Waals surface area (Å²) in [6.45, 7) is 5.43. The lowest BCUT2D eigenvalue weighted by Crippen LogP contribution is -2.34. The van der Waals surface area contributed by atoms with Crippen LogP contribution in [0.2, 0.25) is 0 Å². The van der Waals surface area contributed by atoms with E-state index in [0.29, 0.717) is 11.6 Å². The van der Waals surface area contributed by atoms with E-state index in [2.05, 4.69) is 25.1 Å². The van der Waals surface area contributed by atoms with Gasteiger partial charge in [0.05, 0.1) is 6.04 Å². The molecule has 128 valence electrons. The summed E-state index contributed by atoms with van der Waals surface area (Å²) in [7, 11) is 0. The van der Waals surface area contributed by atoms with Crippen molar-refractivity contribution in [1.29, 1.82) is 0 Å². The monoisotopic (exact) mass is 329 g/mol. The molecular weight excluding hydrogens is 306 g/mol. The van der Waals surface area contributed by atoms with Crippen LogP contribution in [0.25, 0.3) is 0 Å². The van der Waals surface area contributed by atoms with Crippen molar-refractivity contribution in [2.45, 2.75) is 58.5 Å². The van der Waals surface area contributed by atoms with Gasteiger partial charge in [0.25, 0.3) is 11.5 Å². The van der Waals surface area contributed by atoms with E-state index in [1.165, 1.54) is 12.8 Å². The second-order valence-electron chi connectivity index (χ2n) is 6.57. The van der Waals surface area contributed by atoms with Crippen LogP contribution in [0.5, 0.6) is 0 Å². The molecule has 1 aliphatic rings. The third-order valence-electron chi connectivity index (χ3n) is 4.65. The summed E-state index contributed by atoms with van der Waals surface area (Å²) >= 11 is 0. The van der Waals surface area contributed by atoms with Gasteiger partial charge in [0, 0.05) is 11.7 Å². The Labute approximate surface area is 140 Å². The highest BCUT2D eigenvalue weighted by atomic mass is 16.2. The van der Waals surface area contributed by atoms with Crippen molar-refractivity contribution in [2.24, 2.45) is 0 Å². The fourth-order valence-electron chi connectivity index (χ4n) is 3.49. The number of aromatic nitrogens is 4. The van der Waals surface area contributed by atoms with Crippen LogP contribution in [-0.4, -0.2) is 25.7 Å². The zero-order chi connectivity index (χ0) is 17.3. The number of rotatable bonds is 4. The maximum Gasteiger partial charge on any atom is 0.261 e. The highest BCUT2D eigenvalue weighted by Crippen LogP contribution is 2.31. The van der Waals surface area contributed by atoms with Gasteiger partial charge in [-0.2, -0.15) is 0 Å². The molecule has 2 aromatic rings. The van der Waals surface area contributed by atoms with Gasteiger partial charge >= 0.3 is 0 Å². The summed E-state index contributed by atoms with van der Waals surface area (Å²) in [6, 6.07) is 1.88. The van der Waals surface area contributed by atoms with Crippen LogP contribution < -0.4 is 10.9 Å². The number of hydrogen-bond donors (Lipinski definition) is 2. The SMILES string of the molecule is Cc1cc(C)c(C(=O)N[C@@H](C)c2nncn2C2CCCC2)c(=O)[nH]1. The minimum absolute atomic E-state index is 0.152. The molecule has 1 atom stereocenters. The Morgan fingerprint density at radius 2 is 2.08 bits per heavy atom. The van der Waals surface area contributed by atoms with E-state index in [4.69, 9.17) is 0 Å². The highest BCUT2D eigenvalue weighted by molar-refractivity contribution is 5.95. The molecule has 0 unspecified atom stereocenters. The topological polar surface area (TPSA) is 92.7 Å². The van der Waals surface area contributed by atoms with Gasteiger partial charge in [-0.1, -0.05) is 12.8 Å². The molecule has 0 spiro atoms. The molecule has 2 N–H and O–H groups in total. The molecule has 1 aliphatic carbocycles. The summed E-state index contributed by atoms with van der Waals surface area (Å²) in [5.74, 6) is 0.346. The number of pyridine rings is 1. The molecule has 0 bridgehead atoms. The lowest BCUT2D eigenvalue weighted by Gasteiger charge is -2.19. The summed E-state index contributed by atoms with van der Waals surface area (Å²) in [5, 5.41) is 11.1. The number of amides is 1. The van der Waals surface area contributed by atoms with Gasteiger partial charge in [-0.05, 0) is 45.2 Å². The van der Waals surface area contributed by atoms with Gasteiger partial charge in [-0.25, -0.2) is 0 Å². The van der Waals surface area contributed by atoms with E-state index < -0.39 is 0 Å². The van der Waals surface area contributed by atoms with Gasteiger partial charge in [0.2, 0.25) is 0 Å². The summed E-state index contributed by atoms with van der Waals surface area (Å²) < 4.78 is 2.06. The van der Waals surface area contributed by atoms with Crippen LogP contribution >= 0.6 is 0 Å². The van der Waals surface area contributed by atoms with Gasteiger partial charge in [0.15, 0.2) is 5.82 Å². The van der Waals surface area contributed by atoms with E-state index in [9.17, 15) is 9.59 Å². The smallest absolute Gasteiger partial charge is 0.261 e. The molecular formula is C17H23N5O2. The van der Waals surface area contributed by atoms with E-state index >= 15 is 0 Å². The first kappa shape index (κ1) is 16.4. The molecule has 0 aromatic carbocycles. The van der Waals surface area contributed by atoms with Gasteiger partial charge < -0.3 is 14.9 Å². The number of H-pyrrole nitrogens is 1. The Morgan fingerprint density at radius 3 is 2.75 bits per heavy atom. The minimum Gasteiger partial charge on any atom is -0.342 e. The third-order valence-corrected chi connectivity index (χ3v) is 4.65. The molecule has 0 aliphatic heterocycles. The van der Waals surface area contributed by atoms with Crippen molar-refractivity contribution in [3.05, 3.63) is 45.4 Å². The van der Waals surface area contributed by atoms with Gasteiger partial charge in [0.1, 0.15) is 11.9 Å². The summed E-state index contributed by atoms with van der Waals surface area (Å²) in [6.07, 6.45) is 6.38. The first-order valence-corrected chi connectivity index (χ1v) is 8.38. The quantitative estimate of drug-likeness (QED) is 0.899. The molecule has 0 radical (unpaired) electrons. The predicted molar refractivity (Wildman–Crippen MR) is 89.9 cm³/mol. The standard InChI is InChI=1S/C17H23N5O2/c1-10-8-11(2)19-16(23)14(10)17(24)20-12(3)15-21-18-9-22(15)13-6-4-5-7-13/h8-9,12-13H,4-7H2,1-3H3,(H,19,23)(H,20,24)/t12-/m0/s1. The number of aryl methyl sites for hydroxylation is 2. The fourth-order valence-corrected chi connectivity index (χ4v) is 3.49. The van der Waals surface area contributed by atoms with Crippen LogP contribution in [-0.2, 0) is 0 Å². The Balaban J connectivity index is 1.81. The van der Waals surface area contributed by atoms with Crippen molar-refractivity contribution >= 4 is 5.91 Å². The number of nitrogens with one attached hydrogen (secondary N) is 2. The van der Waals surface area contributed by atoms with Crippen molar-refractivity contribution < 1.29 is 4.79 Å². The Bertz CT molecular complexity index is 802. The Kier molecular flexibility index (Phi) is 4.51. The molecule has 3 rings (SSSR count). The van der Waals surface area contributed by atoms with Crippen LogP contribution in [0, 0.1) is 13.8 Å². The van der Waals surface area contributed by atoms with E-state index in [1.54, 1.807) is 26.2 Å². The number of nitrogens with zero attached hydrogens (tertiary/aromatic N) is 3. The molecule has 7 heteroatoms. The van der Waals surface area contributed by atoms with Gasteiger partial charge in [-0.3, -0.25) is 9.59 Å². The van der Waals surface area contributed by atoms with Crippen molar-refractivity contribution in [3.63, 3.8) is 0 Å². The zero-order valence-electron chi connectivity index (χ0n) is 14.3. The molecule has 2 heterocycles. The lowest BCUT2D eigenvalue weighted by atomic mass is 10.1. The maximum absolute atomic E-state index is 12.5. The third kappa shape index (κ3) is 3.11. The number of carbonyl (C=O) groups is 1. The van der Waals surface area contributed by atoms with Crippen molar-refractivity contribution in [2.75, 3.05) is 0 Å². The lowest BCUT2D eigenvalue weighted by molar-refractivity contribution is 0.0935. The largest absolute Gasteiger partial charge is 0.342 e.